The zero-order chi connectivity index (χ0) is 29.6. The largest absolute Gasteiger partial charge is 0.481 e. The highest BCUT2D eigenvalue weighted by atomic mass is 16.5. The second-order valence-electron chi connectivity index (χ2n) is 9.85. The summed E-state index contributed by atoms with van der Waals surface area (Å²) in [5.41, 5.74) is 1.43. The first kappa shape index (κ1) is 31.3. The van der Waals surface area contributed by atoms with Crippen molar-refractivity contribution in [3.05, 3.63) is 42.2 Å². The molecule has 1 fully saturated rings. The van der Waals surface area contributed by atoms with Gasteiger partial charge in [-0.3, -0.25) is 9.59 Å². The Kier molecular flexibility index (Phi) is 12.3. The molecule has 0 radical (unpaired) electrons. The Balaban J connectivity index is 1.52. The molecule has 12 nitrogen and oxygen atoms in total. The van der Waals surface area contributed by atoms with E-state index in [1.165, 1.54) is 11.0 Å². The summed E-state index contributed by atoms with van der Waals surface area (Å²) in [5, 5.41) is 19.4. The van der Waals surface area contributed by atoms with Gasteiger partial charge in [-0.2, -0.15) is 4.98 Å². The molecule has 220 valence electrons. The first-order valence-corrected chi connectivity index (χ1v) is 13.7. The number of methoxy groups -OCH3 is 1. The van der Waals surface area contributed by atoms with Crippen LogP contribution in [0.1, 0.15) is 38.2 Å². The van der Waals surface area contributed by atoms with E-state index in [0.717, 1.165) is 18.7 Å². The first-order chi connectivity index (χ1) is 19.8. The summed E-state index contributed by atoms with van der Waals surface area (Å²) in [4.78, 5) is 41.7. The average molecular weight is 565 g/mol. The summed E-state index contributed by atoms with van der Waals surface area (Å²) in [6.45, 7) is 3.98. The fourth-order valence-electron chi connectivity index (χ4n) is 4.07. The van der Waals surface area contributed by atoms with Crippen molar-refractivity contribution in [2.45, 2.75) is 44.8 Å². The highest BCUT2D eigenvalue weighted by Gasteiger charge is 2.37. The number of unbranched alkanes of at least 4 members (excludes halogenated alkanes) is 1. The van der Waals surface area contributed by atoms with Gasteiger partial charge in [-0.1, -0.05) is 24.8 Å². The molecule has 41 heavy (non-hydrogen) atoms. The first-order valence-electron chi connectivity index (χ1n) is 13.7. The number of nitrogens with zero attached hydrogens (tertiary/aromatic N) is 5. The molecule has 1 saturated heterocycles. The minimum Gasteiger partial charge on any atom is -0.481 e. The van der Waals surface area contributed by atoms with E-state index in [1.807, 2.05) is 19.0 Å². The molecule has 2 atom stereocenters. The number of anilines is 3. The second-order valence-corrected chi connectivity index (χ2v) is 9.85. The molecule has 0 aliphatic carbocycles. The number of rotatable bonds is 13. The Morgan fingerprint density at radius 2 is 2.12 bits per heavy atom. The Morgan fingerprint density at radius 3 is 2.88 bits per heavy atom. The zero-order valence-electron chi connectivity index (χ0n) is 24.2. The van der Waals surface area contributed by atoms with Gasteiger partial charge < -0.3 is 35.6 Å². The van der Waals surface area contributed by atoms with E-state index in [-0.39, 0.29) is 24.8 Å². The van der Waals surface area contributed by atoms with Crippen LogP contribution < -0.4 is 20.7 Å². The summed E-state index contributed by atoms with van der Waals surface area (Å²) in [5.74, 6) is 7.25. The molecular weight excluding hydrogens is 524 g/mol. The monoisotopic (exact) mass is 564 g/mol. The minimum absolute atomic E-state index is 0.149. The van der Waals surface area contributed by atoms with Crippen LogP contribution >= 0.6 is 0 Å². The van der Waals surface area contributed by atoms with Gasteiger partial charge in [0, 0.05) is 63.0 Å². The normalized spacial score (nSPS) is 16.4. The van der Waals surface area contributed by atoms with Gasteiger partial charge >= 0.3 is 0 Å². The number of hydrogen-bond acceptors (Lipinski definition) is 10. The van der Waals surface area contributed by atoms with Crippen LogP contribution in [0.5, 0.6) is 5.88 Å². The quantitative estimate of drug-likeness (QED) is 0.161. The SMILES string of the molecule is CCCNc1nc(Nc2ccnc(OC)c2)ncc1C#CCCCNC(=O)[C@@H]1C[C@H](O)CN1C(=O)C=CCN(C)C. The fraction of sp³-hybridized carbons (Fsp3) is 0.483. The third kappa shape index (κ3) is 10.0. The van der Waals surface area contributed by atoms with E-state index >= 15 is 0 Å². The highest BCUT2D eigenvalue weighted by Crippen LogP contribution is 2.20. The lowest BCUT2D eigenvalue weighted by atomic mass is 10.2. The number of hydrogen-bond donors (Lipinski definition) is 4. The van der Waals surface area contributed by atoms with Gasteiger partial charge in [0.25, 0.3) is 0 Å². The van der Waals surface area contributed by atoms with Crippen LogP contribution in [0.3, 0.4) is 0 Å². The maximum absolute atomic E-state index is 12.8. The number of amides is 2. The number of carbonyl (C=O) groups excluding carboxylic acids is 2. The Hall–Kier alpha value is -4.21. The average Bonchev–Trinajstić information content (AvgIpc) is 3.36. The van der Waals surface area contributed by atoms with Crippen LogP contribution in [-0.4, -0.2) is 101 Å². The molecule has 1 aliphatic rings. The van der Waals surface area contributed by atoms with Gasteiger partial charge in [-0.25, -0.2) is 9.97 Å². The van der Waals surface area contributed by atoms with Crippen molar-refractivity contribution >= 4 is 29.3 Å². The topological polar surface area (TPSA) is 145 Å². The molecule has 12 heteroatoms. The predicted molar refractivity (Wildman–Crippen MR) is 158 cm³/mol. The standard InChI is InChI=1S/C29H40N8O4/c1-5-13-31-27-21(19-33-29(35-27)34-22-12-15-30-25(17-22)41-4)10-7-6-8-14-32-28(40)24-18-23(38)20-37(24)26(39)11-9-16-36(2)3/h9,11-12,15,17,19,23-24,38H,5-6,8,13-14,16,18,20H2,1-4H3,(H,32,40)(H2,30,31,33,34,35)/t23-,24-/m0/s1. The van der Waals surface area contributed by atoms with Crippen molar-refractivity contribution in [2.75, 3.05) is 58.0 Å². The summed E-state index contributed by atoms with van der Waals surface area (Å²) < 4.78 is 5.16. The molecule has 0 unspecified atom stereocenters. The van der Waals surface area contributed by atoms with E-state index in [0.29, 0.717) is 49.1 Å². The third-order valence-corrected chi connectivity index (χ3v) is 6.13. The molecule has 3 rings (SSSR count). The second kappa shape index (κ2) is 16.2. The number of nitrogens with one attached hydrogen (secondary N) is 3. The van der Waals surface area contributed by atoms with E-state index in [1.54, 1.807) is 37.7 Å². The van der Waals surface area contributed by atoms with Crippen molar-refractivity contribution in [3.8, 4) is 17.7 Å². The Labute approximate surface area is 241 Å². The van der Waals surface area contributed by atoms with E-state index < -0.39 is 12.1 Å². The molecule has 1 aliphatic heterocycles. The molecule has 2 aromatic rings. The van der Waals surface area contributed by atoms with Crippen molar-refractivity contribution < 1.29 is 19.4 Å². The summed E-state index contributed by atoms with van der Waals surface area (Å²) in [6.07, 6.45) is 8.13. The van der Waals surface area contributed by atoms with Crippen LogP contribution in [0.25, 0.3) is 0 Å². The van der Waals surface area contributed by atoms with Crippen molar-refractivity contribution in [3.63, 3.8) is 0 Å². The Morgan fingerprint density at radius 1 is 1.29 bits per heavy atom. The highest BCUT2D eigenvalue weighted by molar-refractivity contribution is 5.93. The van der Waals surface area contributed by atoms with Gasteiger partial charge in [-0.15, -0.1) is 0 Å². The number of pyridine rings is 1. The predicted octanol–water partition coefficient (Wildman–Crippen LogP) is 1.77. The summed E-state index contributed by atoms with van der Waals surface area (Å²) in [7, 11) is 5.37. The van der Waals surface area contributed by atoms with Crippen LogP contribution in [0.2, 0.25) is 0 Å². The fourth-order valence-corrected chi connectivity index (χ4v) is 4.07. The van der Waals surface area contributed by atoms with E-state index in [2.05, 4.69) is 49.7 Å². The molecule has 0 bridgehead atoms. The van der Waals surface area contributed by atoms with Crippen LogP contribution in [0.4, 0.5) is 17.5 Å². The zero-order valence-corrected chi connectivity index (χ0v) is 24.2. The molecule has 0 aromatic carbocycles. The number of ether oxygens (including phenoxy) is 1. The molecule has 2 amide bonds. The lowest BCUT2D eigenvalue weighted by molar-refractivity contribution is -0.135. The number of aromatic nitrogens is 3. The third-order valence-electron chi connectivity index (χ3n) is 6.13. The number of carbonyl (C=O) groups is 2. The van der Waals surface area contributed by atoms with E-state index in [4.69, 9.17) is 4.74 Å². The molecule has 3 heterocycles. The van der Waals surface area contributed by atoms with Crippen molar-refractivity contribution in [1.29, 1.82) is 0 Å². The molecule has 0 spiro atoms. The summed E-state index contributed by atoms with van der Waals surface area (Å²) in [6, 6.07) is 2.87. The number of aliphatic hydroxyl groups excluding tert-OH is 1. The number of β-amino-alcohol motifs (C(OH)–C–C–N with tert-alkyl or cyclic N) is 1. The van der Waals surface area contributed by atoms with Crippen LogP contribution in [0, 0.1) is 11.8 Å². The number of likely N-dealkylation sites (N-methyl/N-ethyl adjacent to an activating group) is 1. The van der Waals surface area contributed by atoms with Crippen LogP contribution in [0.15, 0.2) is 36.7 Å². The molecule has 2 aromatic heterocycles. The van der Waals surface area contributed by atoms with Gasteiger partial charge in [0.05, 0.1) is 25.0 Å². The van der Waals surface area contributed by atoms with Gasteiger partial charge in [0.2, 0.25) is 23.6 Å². The van der Waals surface area contributed by atoms with Gasteiger partial charge in [0.1, 0.15) is 11.9 Å². The van der Waals surface area contributed by atoms with Gasteiger partial charge in [0.15, 0.2) is 0 Å². The lowest BCUT2D eigenvalue weighted by Gasteiger charge is -2.22. The number of aliphatic hydroxyl groups is 1. The smallest absolute Gasteiger partial charge is 0.247 e. The Bertz CT molecular complexity index is 1260. The molecule has 0 saturated carbocycles. The lowest BCUT2D eigenvalue weighted by Crippen LogP contribution is -2.45. The molecule has 4 N–H and O–H groups in total. The van der Waals surface area contributed by atoms with Crippen molar-refractivity contribution in [1.82, 2.24) is 30.1 Å². The van der Waals surface area contributed by atoms with Crippen molar-refractivity contribution in [2.24, 2.45) is 0 Å². The minimum atomic E-state index is -0.713. The van der Waals surface area contributed by atoms with E-state index in [9.17, 15) is 14.7 Å². The summed E-state index contributed by atoms with van der Waals surface area (Å²) >= 11 is 0. The maximum Gasteiger partial charge on any atom is 0.247 e. The molecular formula is C29H40N8O4. The van der Waals surface area contributed by atoms with Crippen LogP contribution in [-0.2, 0) is 9.59 Å². The van der Waals surface area contributed by atoms with Gasteiger partial charge in [-0.05, 0) is 33.0 Å². The maximum atomic E-state index is 12.8. The number of likely N-dealkylation sites (tertiary alicyclic amines) is 1.